The number of amides is 2. The summed E-state index contributed by atoms with van der Waals surface area (Å²) in [4.78, 5) is 26.3. The number of carbonyl (C=O) groups is 2. The van der Waals surface area contributed by atoms with Crippen LogP contribution in [0.3, 0.4) is 0 Å². The van der Waals surface area contributed by atoms with Crippen molar-refractivity contribution in [1.29, 1.82) is 0 Å². The van der Waals surface area contributed by atoms with Crippen LogP contribution in [-0.2, 0) is 14.3 Å². The summed E-state index contributed by atoms with van der Waals surface area (Å²) in [7, 11) is 0. The first-order valence-electron chi connectivity index (χ1n) is 9.59. The smallest absolute Gasteiger partial charge is 0.237 e. The predicted octanol–water partition coefficient (Wildman–Crippen LogP) is 1.33. The van der Waals surface area contributed by atoms with Crippen molar-refractivity contribution in [2.45, 2.75) is 51.0 Å². The maximum absolute atomic E-state index is 12.3. The summed E-state index contributed by atoms with van der Waals surface area (Å²) >= 11 is 0. The van der Waals surface area contributed by atoms with Gasteiger partial charge in [-0.25, -0.2) is 0 Å². The second-order valence-electron chi connectivity index (χ2n) is 7.51. The maximum atomic E-state index is 12.3. The lowest BCUT2D eigenvalue weighted by Gasteiger charge is -2.33. The molecular formula is C18H32ClN3O3. The Morgan fingerprint density at radius 2 is 1.96 bits per heavy atom. The maximum Gasteiger partial charge on any atom is 0.237 e. The summed E-state index contributed by atoms with van der Waals surface area (Å²) < 4.78 is 5.57. The first-order valence-corrected chi connectivity index (χ1v) is 9.59. The summed E-state index contributed by atoms with van der Waals surface area (Å²) in [6.07, 6.45) is 7.16. The number of rotatable bonds is 8. The zero-order valence-corrected chi connectivity index (χ0v) is 15.8. The number of hydrogen-bond donors (Lipinski definition) is 2. The van der Waals surface area contributed by atoms with Gasteiger partial charge >= 0.3 is 0 Å². The first kappa shape index (κ1) is 20.5. The van der Waals surface area contributed by atoms with Gasteiger partial charge in [0.2, 0.25) is 11.8 Å². The van der Waals surface area contributed by atoms with Gasteiger partial charge in [0.25, 0.3) is 0 Å². The summed E-state index contributed by atoms with van der Waals surface area (Å²) in [5, 5.41) is 6.28. The molecule has 6 nitrogen and oxygen atoms in total. The van der Waals surface area contributed by atoms with E-state index in [-0.39, 0.29) is 30.3 Å². The Morgan fingerprint density at radius 3 is 2.68 bits per heavy atom. The number of likely N-dealkylation sites (tertiary alicyclic amines) is 1. The van der Waals surface area contributed by atoms with Crippen LogP contribution in [0.15, 0.2) is 0 Å². The highest BCUT2D eigenvalue weighted by molar-refractivity contribution is 5.85. The van der Waals surface area contributed by atoms with Gasteiger partial charge in [-0.15, -0.1) is 12.4 Å². The van der Waals surface area contributed by atoms with Gasteiger partial charge in [0, 0.05) is 26.2 Å². The van der Waals surface area contributed by atoms with Crippen molar-refractivity contribution in [3.63, 3.8) is 0 Å². The number of ether oxygens (including phenoxy) is 1. The van der Waals surface area contributed by atoms with E-state index in [1.807, 2.05) is 4.90 Å². The summed E-state index contributed by atoms with van der Waals surface area (Å²) in [6.45, 7) is 4.58. The Labute approximate surface area is 156 Å². The molecule has 0 aromatic rings. The van der Waals surface area contributed by atoms with Crippen molar-refractivity contribution in [3.8, 4) is 0 Å². The molecule has 2 atom stereocenters. The number of nitrogens with one attached hydrogen (secondary N) is 2. The van der Waals surface area contributed by atoms with E-state index < -0.39 is 0 Å². The number of carbonyl (C=O) groups excluding carboxylic acids is 2. The molecule has 144 valence electrons. The number of halogens is 1. The second kappa shape index (κ2) is 10.3. The van der Waals surface area contributed by atoms with E-state index in [4.69, 9.17) is 4.74 Å². The molecule has 0 spiro atoms. The van der Waals surface area contributed by atoms with E-state index in [9.17, 15) is 9.59 Å². The summed E-state index contributed by atoms with van der Waals surface area (Å²) in [6, 6.07) is -0.0186. The average Bonchev–Trinajstić information content (AvgIpc) is 3.26. The molecule has 3 fully saturated rings. The minimum absolute atomic E-state index is 0. The van der Waals surface area contributed by atoms with Gasteiger partial charge in [-0.3, -0.25) is 9.59 Å². The fourth-order valence-electron chi connectivity index (χ4n) is 3.59. The van der Waals surface area contributed by atoms with Gasteiger partial charge in [-0.05, 0) is 56.9 Å². The van der Waals surface area contributed by atoms with Crippen LogP contribution in [0.4, 0.5) is 0 Å². The third-order valence-corrected chi connectivity index (χ3v) is 5.32. The molecule has 7 heteroatoms. The molecule has 25 heavy (non-hydrogen) atoms. The fraction of sp³-hybridized carbons (Fsp3) is 0.889. The quantitative estimate of drug-likeness (QED) is 0.630. The van der Waals surface area contributed by atoms with E-state index in [1.165, 1.54) is 12.8 Å². The van der Waals surface area contributed by atoms with E-state index >= 15 is 0 Å². The molecule has 0 aromatic heterocycles. The van der Waals surface area contributed by atoms with Crippen molar-refractivity contribution in [2.75, 3.05) is 39.4 Å². The van der Waals surface area contributed by atoms with Gasteiger partial charge in [0.05, 0.1) is 19.1 Å². The molecule has 3 aliphatic rings. The van der Waals surface area contributed by atoms with E-state index in [1.54, 1.807) is 0 Å². The highest BCUT2D eigenvalue weighted by Crippen LogP contribution is 2.28. The van der Waals surface area contributed by atoms with Gasteiger partial charge in [-0.1, -0.05) is 0 Å². The highest BCUT2D eigenvalue weighted by atomic mass is 35.5. The molecule has 2 N–H and O–H groups in total. The predicted molar refractivity (Wildman–Crippen MR) is 98.7 cm³/mol. The lowest BCUT2D eigenvalue weighted by molar-refractivity contribution is -0.134. The van der Waals surface area contributed by atoms with Crippen LogP contribution in [0.1, 0.15) is 44.9 Å². The van der Waals surface area contributed by atoms with E-state index in [0.717, 1.165) is 57.8 Å². The molecule has 2 amide bonds. The minimum atomic E-state index is -0.0186. The molecule has 2 aliphatic heterocycles. The van der Waals surface area contributed by atoms with Crippen molar-refractivity contribution < 1.29 is 14.3 Å². The van der Waals surface area contributed by atoms with Gasteiger partial charge in [0.1, 0.15) is 0 Å². The fourth-order valence-corrected chi connectivity index (χ4v) is 3.59. The van der Waals surface area contributed by atoms with Gasteiger partial charge in [-0.2, -0.15) is 0 Å². The molecule has 2 saturated heterocycles. The second-order valence-corrected chi connectivity index (χ2v) is 7.51. The Balaban J connectivity index is 0.00000225. The zero-order chi connectivity index (χ0) is 16.8. The summed E-state index contributed by atoms with van der Waals surface area (Å²) in [5.74, 6) is 1.43. The SMILES string of the molecule is Cl.O=C(NCC1CCCN(C(=O)CCOCC2CC2)C1)C1CCCN1. The lowest BCUT2D eigenvalue weighted by atomic mass is 9.97. The van der Waals surface area contributed by atoms with Crippen molar-refractivity contribution in [2.24, 2.45) is 11.8 Å². The Morgan fingerprint density at radius 1 is 1.12 bits per heavy atom. The van der Waals surface area contributed by atoms with Crippen molar-refractivity contribution >= 4 is 24.2 Å². The molecule has 1 saturated carbocycles. The van der Waals surface area contributed by atoms with E-state index in [0.29, 0.717) is 25.5 Å². The van der Waals surface area contributed by atoms with Crippen LogP contribution in [0.25, 0.3) is 0 Å². The Bertz CT molecular complexity index is 439. The Hall–Kier alpha value is -0.850. The Kier molecular flexibility index (Phi) is 8.46. The van der Waals surface area contributed by atoms with Crippen LogP contribution in [0.2, 0.25) is 0 Å². The van der Waals surface area contributed by atoms with Gasteiger partial charge in [0.15, 0.2) is 0 Å². The molecular weight excluding hydrogens is 342 g/mol. The first-order chi connectivity index (χ1) is 11.7. The number of hydrogen-bond acceptors (Lipinski definition) is 4. The average molecular weight is 374 g/mol. The van der Waals surface area contributed by atoms with Crippen molar-refractivity contribution in [3.05, 3.63) is 0 Å². The van der Waals surface area contributed by atoms with Crippen LogP contribution in [0, 0.1) is 11.8 Å². The number of piperidine rings is 1. The van der Waals surface area contributed by atoms with Crippen LogP contribution < -0.4 is 10.6 Å². The topological polar surface area (TPSA) is 70.7 Å². The van der Waals surface area contributed by atoms with E-state index in [2.05, 4.69) is 10.6 Å². The minimum Gasteiger partial charge on any atom is -0.381 e. The van der Waals surface area contributed by atoms with Crippen LogP contribution >= 0.6 is 12.4 Å². The molecule has 0 bridgehead atoms. The zero-order valence-electron chi connectivity index (χ0n) is 15.0. The normalized spacial score (nSPS) is 26.2. The largest absolute Gasteiger partial charge is 0.381 e. The molecule has 3 rings (SSSR count). The lowest BCUT2D eigenvalue weighted by Crippen LogP contribution is -2.46. The molecule has 2 unspecified atom stereocenters. The molecule has 1 aliphatic carbocycles. The number of nitrogens with zero attached hydrogens (tertiary/aromatic N) is 1. The molecule has 0 radical (unpaired) electrons. The third-order valence-electron chi connectivity index (χ3n) is 5.32. The van der Waals surface area contributed by atoms with Gasteiger partial charge < -0.3 is 20.3 Å². The molecule has 0 aromatic carbocycles. The standard InChI is InChI=1S/C18H31N3O3.ClH/c22-17(7-10-24-13-14-5-6-14)21-9-2-3-15(12-21)11-20-18(23)16-4-1-8-19-16;/h14-16,19H,1-13H2,(H,20,23);1H. The molecule has 2 heterocycles. The van der Waals surface area contributed by atoms with Crippen LogP contribution in [0.5, 0.6) is 0 Å². The third kappa shape index (κ3) is 6.76. The highest BCUT2D eigenvalue weighted by Gasteiger charge is 2.26. The van der Waals surface area contributed by atoms with Crippen molar-refractivity contribution in [1.82, 2.24) is 15.5 Å². The summed E-state index contributed by atoms with van der Waals surface area (Å²) in [5.41, 5.74) is 0. The van der Waals surface area contributed by atoms with Crippen LogP contribution in [-0.4, -0.2) is 62.1 Å². The monoisotopic (exact) mass is 373 g/mol.